The Bertz CT molecular complexity index is 783. The van der Waals surface area contributed by atoms with Crippen molar-refractivity contribution < 1.29 is 14.3 Å². The lowest BCUT2D eigenvalue weighted by molar-refractivity contribution is 0.0420. The van der Waals surface area contributed by atoms with E-state index in [9.17, 15) is 14.3 Å². The fourth-order valence-corrected chi connectivity index (χ4v) is 2.61. The van der Waals surface area contributed by atoms with Crippen LogP contribution in [0.15, 0.2) is 48.5 Å². The van der Waals surface area contributed by atoms with Gasteiger partial charge in [-0.1, -0.05) is 24.0 Å². The summed E-state index contributed by atoms with van der Waals surface area (Å²) in [7, 11) is 0. The van der Waals surface area contributed by atoms with Crippen molar-refractivity contribution in [2.75, 3.05) is 6.54 Å². The first kappa shape index (κ1) is 16.2. The number of rotatable bonds is 3. The van der Waals surface area contributed by atoms with Crippen LogP contribution in [0.2, 0.25) is 0 Å². The van der Waals surface area contributed by atoms with Gasteiger partial charge in [-0.2, -0.15) is 0 Å². The number of hydrogen-bond acceptors (Lipinski definition) is 2. The normalized spacial score (nSPS) is 18.9. The van der Waals surface area contributed by atoms with E-state index < -0.39 is 0 Å². The lowest BCUT2D eigenvalue weighted by Crippen LogP contribution is -2.38. The van der Waals surface area contributed by atoms with Gasteiger partial charge in [-0.15, -0.1) is 0 Å². The molecule has 0 spiro atoms. The molecule has 0 heterocycles. The second kappa shape index (κ2) is 7.29. The van der Waals surface area contributed by atoms with Gasteiger partial charge in [-0.05, 0) is 55.2 Å². The smallest absolute Gasteiger partial charge is 0.251 e. The Kier molecular flexibility index (Phi) is 4.93. The molecular weight excluding hydrogens is 305 g/mol. The molecular formula is C20H18FNO2. The highest BCUT2D eigenvalue weighted by atomic mass is 19.1. The largest absolute Gasteiger partial charge is 0.393 e. The number of aliphatic hydroxyl groups is 1. The van der Waals surface area contributed by atoms with E-state index in [0.717, 1.165) is 18.4 Å². The second-order valence-electron chi connectivity index (χ2n) is 6.01. The average Bonchev–Trinajstić information content (AvgIpc) is 2.57. The van der Waals surface area contributed by atoms with Crippen LogP contribution >= 0.6 is 0 Å². The molecule has 2 aromatic rings. The maximum atomic E-state index is 13.5. The topological polar surface area (TPSA) is 49.3 Å². The van der Waals surface area contributed by atoms with Crippen molar-refractivity contribution >= 4 is 5.91 Å². The monoisotopic (exact) mass is 323 g/mol. The number of benzene rings is 2. The van der Waals surface area contributed by atoms with E-state index in [-0.39, 0.29) is 17.8 Å². The highest BCUT2D eigenvalue weighted by Gasteiger charge is 2.27. The van der Waals surface area contributed by atoms with Gasteiger partial charge in [0.05, 0.1) is 11.7 Å². The SMILES string of the molecule is O=C(NCC1CC(O)C1)c1ccc(C#Cc2ccccc2F)cc1. The van der Waals surface area contributed by atoms with Crippen LogP contribution in [0.3, 0.4) is 0 Å². The number of carbonyl (C=O) groups excluding carboxylic acids is 1. The Hall–Kier alpha value is -2.64. The van der Waals surface area contributed by atoms with Gasteiger partial charge in [0.1, 0.15) is 5.82 Å². The third kappa shape index (κ3) is 4.01. The standard InChI is InChI=1S/C20H18FNO2/c21-19-4-2-1-3-16(19)8-5-14-6-9-17(10-7-14)20(24)22-13-15-11-18(23)12-15/h1-4,6-7,9-10,15,18,23H,11-13H2,(H,22,24). The Balaban J connectivity index is 1.59. The fraction of sp³-hybridized carbons (Fsp3) is 0.250. The van der Waals surface area contributed by atoms with Crippen LogP contribution in [0, 0.1) is 23.6 Å². The summed E-state index contributed by atoms with van der Waals surface area (Å²) >= 11 is 0. The molecule has 4 heteroatoms. The van der Waals surface area contributed by atoms with E-state index in [1.54, 1.807) is 42.5 Å². The molecule has 0 aliphatic heterocycles. The van der Waals surface area contributed by atoms with Crippen LogP contribution in [0.4, 0.5) is 4.39 Å². The third-order valence-corrected chi connectivity index (χ3v) is 4.12. The van der Waals surface area contributed by atoms with Gasteiger partial charge in [0.15, 0.2) is 0 Å². The zero-order valence-corrected chi connectivity index (χ0v) is 13.1. The van der Waals surface area contributed by atoms with Gasteiger partial charge in [0.25, 0.3) is 5.91 Å². The molecule has 0 aromatic heterocycles. The van der Waals surface area contributed by atoms with Gasteiger partial charge in [0.2, 0.25) is 0 Å². The summed E-state index contributed by atoms with van der Waals surface area (Å²) in [6, 6.07) is 13.3. The Labute approximate surface area is 140 Å². The molecule has 1 amide bonds. The summed E-state index contributed by atoms with van der Waals surface area (Å²) in [5.74, 6) is 5.57. The van der Waals surface area contributed by atoms with E-state index in [4.69, 9.17) is 0 Å². The van der Waals surface area contributed by atoms with Crippen LogP contribution in [-0.2, 0) is 0 Å². The van der Waals surface area contributed by atoms with Crippen LogP contribution in [-0.4, -0.2) is 23.7 Å². The molecule has 1 saturated carbocycles. The van der Waals surface area contributed by atoms with E-state index in [1.165, 1.54) is 6.07 Å². The molecule has 24 heavy (non-hydrogen) atoms. The van der Waals surface area contributed by atoms with E-state index in [2.05, 4.69) is 17.2 Å². The molecule has 2 N–H and O–H groups in total. The molecule has 0 bridgehead atoms. The highest BCUT2D eigenvalue weighted by molar-refractivity contribution is 5.94. The summed E-state index contributed by atoms with van der Waals surface area (Å²) in [6.07, 6.45) is 1.30. The first-order valence-electron chi connectivity index (χ1n) is 7.94. The first-order chi connectivity index (χ1) is 11.6. The quantitative estimate of drug-likeness (QED) is 0.853. The molecule has 0 atom stereocenters. The van der Waals surface area contributed by atoms with Crippen LogP contribution < -0.4 is 5.32 Å². The van der Waals surface area contributed by atoms with E-state index in [0.29, 0.717) is 23.6 Å². The van der Waals surface area contributed by atoms with Gasteiger partial charge in [0, 0.05) is 17.7 Å². The van der Waals surface area contributed by atoms with Gasteiger partial charge in [-0.25, -0.2) is 4.39 Å². The summed E-state index contributed by atoms with van der Waals surface area (Å²) in [6.45, 7) is 0.588. The zero-order valence-electron chi connectivity index (χ0n) is 13.1. The minimum Gasteiger partial charge on any atom is -0.393 e. The number of nitrogens with one attached hydrogen (secondary N) is 1. The van der Waals surface area contributed by atoms with Crippen molar-refractivity contribution in [2.45, 2.75) is 18.9 Å². The minimum absolute atomic E-state index is 0.134. The van der Waals surface area contributed by atoms with Crippen LogP contribution in [0.5, 0.6) is 0 Å². The molecule has 122 valence electrons. The van der Waals surface area contributed by atoms with Crippen molar-refractivity contribution in [1.29, 1.82) is 0 Å². The molecule has 3 nitrogen and oxygen atoms in total. The second-order valence-corrected chi connectivity index (χ2v) is 6.01. The Morgan fingerprint density at radius 2 is 1.83 bits per heavy atom. The summed E-state index contributed by atoms with van der Waals surface area (Å²) in [4.78, 5) is 12.0. The van der Waals surface area contributed by atoms with Crippen molar-refractivity contribution in [2.24, 2.45) is 5.92 Å². The van der Waals surface area contributed by atoms with Gasteiger partial charge >= 0.3 is 0 Å². The Morgan fingerprint density at radius 3 is 2.50 bits per heavy atom. The van der Waals surface area contributed by atoms with Crippen molar-refractivity contribution in [3.63, 3.8) is 0 Å². The predicted octanol–water partition coefficient (Wildman–Crippen LogP) is 2.73. The van der Waals surface area contributed by atoms with Crippen molar-refractivity contribution in [3.8, 4) is 11.8 Å². The molecule has 0 radical (unpaired) electrons. The molecule has 3 rings (SSSR count). The van der Waals surface area contributed by atoms with E-state index in [1.807, 2.05) is 0 Å². The molecule has 1 aliphatic carbocycles. The summed E-state index contributed by atoms with van der Waals surface area (Å²) < 4.78 is 13.5. The fourth-order valence-electron chi connectivity index (χ4n) is 2.61. The van der Waals surface area contributed by atoms with E-state index >= 15 is 0 Å². The predicted molar refractivity (Wildman–Crippen MR) is 89.9 cm³/mol. The lowest BCUT2D eigenvalue weighted by Gasteiger charge is -2.31. The first-order valence-corrected chi connectivity index (χ1v) is 7.94. The lowest BCUT2D eigenvalue weighted by atomic mass is 9.82. The van der Waals surface area contributed by atoms with Crippen molar-refractivity contribution in [3.05, 3.63) is 71.0 Å². The highest BCUT2D eigenvalue weighted by Crippen LogP contribution is 2.26. The maximum Gasteiger partial charge on any atom is 0.251 e. The summed E-state index contributed by atoms with van der Waals surface area (Å²) in [5.41, 5.74) is 1.63. The minimum atomic E-state index is -0.345. The number of halogens is 1. The third-order valence-electron chi connectivity index (χ3n) is 4.12. The number of aliphatic hydroxyl groups excluding tert-OH is 1. The molecule has 0 saturated heterocycles. The summed E-state index contributed by atoms with van der Waals surface area (Å²) in [5, 5.41) is 12.1. The molecule has 0 unspecified atom stereocenters. The van der Waals surface area contributed by atoms with Gasteiger partial charge < -0.3 is 10.4 Å². The molecule has 2 aromatic carbocycles. The maximum absolute atomic E-state index is 13.5. The number of carbonyl (C=O) groups is 1. The van der Waals surface area contributed by atoms with Crippen molar-refractivity contribution in [1.82, 2.24) is 5.32 Å². The Morgan fingerprint density at radius 1 is 1.12 bits per heavy atom. The number of amides is 1. The molecule has 1 fully saturated rings. The zero-order chi connectivity index (χ0) is 16.9. The average molecular weight is 323 g/mol. The van der Waals surface area contributed by atoms with Gasteiger partial charge in [-0.3, -0.25) is 4.79 Å². The van der Waals surface area contributed by atoms with Crippen LogP contribution in [0.25, 0.3) is 0 Å². The molecule has 1 aliphatic rings. The van der Waals surface area contributed by atoms with Crippen LogP contribution in [0.1, 0.15) is 34.3 Å². The number of hydrogen-bond donors (Lipinski definition) is 2.